The Morgan fingerprint density at radius 3 is 2.55 bits per heavy atom. The smallest absolute Gasteiger partial charge is 0.301 e. The van der Waals surface area contributed by atoms with Crippen LogP contribution in [0.4, 0.5) is 9.52 Å². The van der Waals surface area contributed by atoms with Gasteiger partial charge in [-0.05, 0) is 59.5 Å². The number of hydrogen-bond donors (Lipinski definition) is 1. The third-order valence-electron chi connectivity index (χ3n) is 7.77. The first-order valence-electron chi connectivity index (χ1n) is 13.8. The van der Waals surface area contributed by atoms with E-state index in [-0.39, 0.29) is 16.4 Å². The Balaban J connectivity index is 1.29. The number of halogens is 1. The zero-order valence-electron chi connectivity index (χ0n) is 23.6. The first kappa shape index (κ1) is 27.9. The molecule has 7 rings (SSSR count). The molecule has 0 saturated carbocycles. The topological polar surface area (TPSA) is 101 Å². The number of aliphatic hydroxyl groups is 1. The Bertz CT molecular complexity index is 2130. The van der Waals surface area contributed by atoms with Gasteiger partial charge in [-0.25, -0.2) is 9.37 Å². The number of nitrogens with zero attached hydrogens (tertiary/aromatic N) is 5. The maximum Gasteiger partial charge on any atom is 0.301 e. The number of amides is 1. The second kappa shape index (κ2) is 11.0. The standard InChI is InChI=1S/C33H24FN5O3S2/c1-18-7-6-16-38-19(2)26(35-30(18)38)28(40)25-27(21-12-14-23(34)15-13-21)39(31(42)29(25)41)32-36-37-33(44-32)43-17-22-10-5-9-20-8-3-4-11-24(20)22/h3-16,27,40H,17H2,1-2H3. The normalized spacial score (nSPS) is 16.4. The van der Waals surface area contributed by atoms with Crippen LogP contribution < -0.4 is 4.90 Å². The van der Waals surface area contributed by atoms with Crippen LogP contribution in [0.2, 0.25) is 0 Å². The van der Waals surface area contributed by atoms with E-state index in [1.807, 2.05) is 47.9 Å². The fourth-order valence-electron chi connectivity index (χ4n) is 5.58. The molecule has 1 aliphatic rings. The maximum absolute atomic E-state index is 14.0. The molecule has 3 aromatic carbocycles. The molecule has 1 N–H and O–H groups in total. The van der Waals surface area contributed by atoms with E-state index < -0.39 is 29.3 Å². The SMILES string of the molecule is Cc1cccn2c(C)c(C(O)=C3C(=O)C(=O)N(c4nnc(SCc5cccc6ccccc56)s4)C3c3ccc(F)cc3)nc12. The van der Waals surface area contributed by atoms with Crippen LogP contribution >= 0.6 is 23.1 Å². The van der Waals surface area contributed by atoms with Gasteiger partial charge in [0.2, 0.25) is 5.13 Å². The molecule has 44 heavy (non-hydrogen) atoms. The Labute approximate surface area is 259 Å². The fraction of sp³-hybridized carbons (Fsp3) is 0.121. The lowest BCUT2D eigenvalue weighted by Crippen LogP contribution is -2.29. The summed E-state index contributed by atoms with van der Waals surface area (Å²) in [6.45, 7) is 3.68. The van der Waals surface area contributed by atoms with Gasteiger partial charge in [0.1, 0.15) is 17.2 Å². The third kappa shape index (κ3) is 4.65. The molecule has 4 heterocycles. The van der Waals surface area contributed by atoms with Crippen molar-refractivity contribution in [3.8, 4) is 0 Å². The van der Waals surface area contributed by atoms with Gasteiger partial charge in [-0.15, -0.1) is 10.2 Å². The quantitative estimate of drug-likeness (QED) is 0.0702. The van der Waals surface area contributed by atoms with Gasteiger partial charge in [-0.1, -0.05) is 83.8 Å². The average molecular weight is 622 g/mol. The Morgan fingerprint density at radius 2 is 1.75 bits per heavy atom. The lowest BCUT2D eigenvalue weighted by molar-refractivity contribution is -0.132. The molecular formula is C33H24FN5O3S2. The molecule has 0 bridgehead atoms. The molecule has 1 unspecified atom stereocenters. The van der Waals surface area contributed by atoms with Crippen molar-refractivity contribution in [1.29, 1.82) is 0 Å². The van der Waals surface area contributed by atoms with Crippen molar-refractivity contribution in [2.75, 3.05) is 4.90 Å². The average Bonchev–Trinajstić information content (AvgIpc) is 3.71. The van der Waals surface area contributed by atoms with Crippen LogP contribution in [-0.4, -0.2) is 36.4 Å². The fourth-order valence-corrected chi connectivity index (χ4v) is 7.45. The minimum atomic E-state index is -1.07. The minimum Gasteiger partial charge on any atom is -0.505 e. The van der Waals surface area contributed by atoms with Gasteiger partial charge in [-0.2, -0.15) is 0 Å². The molecule has 1 amide bonds. The Kier molecular flexibility index (Phi) is 6.98. The van der Waals surface area contributed by atoms with E-state index in [0.717, 1.165) is 21.9 Å². The molecule has 6 aromatic rings. The molecule has 0 radical (unpaired) electrons. The number of carbonyl (C=O) groups excluding carboxylic acids is 2. The van der Waals surface area contributed by atoms with E-state index >= 15 is 0 Å². The van der Waals surface area contributed by atoms with Gasteiger partial charge in [0.25, 0.3) is 5.78 Å². The van der Waals surface area contributed by atoms with E-state index in [1.54, 1.807) is 6.92 Å². The summed E-state index contributed by atoms with van der Waals surface area (Å²) in [5, 5.41) is 22.7. The van der Waals surface area contributed by atoms with Crippen LogP contribution in [0.25, 0.3) is 22.2 Å². The molecule has 3 aromatic heterocycles. The predicted molar refractivity (Wildman–Crippen MR) is 169 cm³/mol. The highest BCUT2D eigenvalue weighted by Crippen LogP contribution is 2.44. The first-order chi connectivity index (χ1) is 21.3. The largest absolute Gasteiger partial charge is 0.505 e. The number of aliphatic hydroxyl groups excluding tert-OH is 1. The molecule has 8 nitrogen and oxygen atoms in total. The third-order valence-corrected chi connectivity index (χ3v) is 9.88. The highest BCUT2D eigenvalue weighted by molar-refractivity contribution is 8.00. The highest BCUT2D eigenvalue weighted by atomic mass is 32.2. The number of benzene rings is 3. The van der Waals surface area contributed by atoms with Crippen LogP contribution in [0.1, 0.15) is 34.1 Å². The molecule has 0 aliphatic carbocycles. The summed E-state index contributed by atoms with van der Waals surface area (Å²) in [6.07, 6.45) is 1.82. The van der Waals surface area contributed by atoms with Crippen LogP contribution in [0, 0.1) is 19.7 Å². The number of aromatic nitrogens is 4. The number of anilines is 1. The van der Waals surface area contributed by atoms with E-state index in [0.29, 0.717) is 27.0 Å². The lowest BCUT2D eigenvalue weighted by Gasteiger charge is -2.22. The van der Waals surface area contributed by atoms with Crippen LogP contribution in [0.3, 0.4) is 0 Å². The van der Waals surface area contributed by atoms with Crippen LogP contribution in [0.15, 0.2) is 95.0 Å². The molecule has 1 aliphatic heterocycles. The number of carbonyl (C=O) groups is 2. The van der Waals surface area contributed by atoms with Crippen molar-refractivity contribution in [3.05, 3.63) is 125 Å². The summed E-state index contributed by atoms with van der Waals surface area (Å²) >= 11 is 2.65. The zero-order valence-corrected chi connectivity index (χ0v) is 25.2. The van der Waals surface area contributed by atoms with Gasteiger partial charge in [-0.3, -0.25) is 14.5 Å². The second-order valence-electron chi connectivity index (χ2n) is 10.4. The summed E-state index contributed by atoms with van der Waals surface area (Å²) in [5.41, 5.74) is 3.72. The van der Waals surface area contributed by atoms with Gasteiger partial charge >= 0.3 is 5.91 Å². The first-order valence-corrected chi connectivity index (χ1v) is 15.6. The minimum absolute atomic E-state index is 0.147. The van der Waals surface area contributed by atoms with Crippen molar-refractivity contribution in [2.45, 2.75) is 30.0 Å². The van der Waals surface area contributed by atoms with Gasteiger partial charge in [0.05, 0.1) is 17.3 Å². The number of thioether (sulfide) groups is 1. The molecule has 11 heteroatoms. The van der Waals surface area contributed by atoms with Crippen molar-refractivity contribution in [1.82, 2.24) is 19.6 Å². The number of fused-ring (bicyclic) bond motifs is 2. The van der Waals surface area contributed by atoms with Crippen molar-refractivity contribution >= 4 is 62.1 Å². The lowest BCUT2D eigenvalue weighted by atomic mass is 9.96. The second-order valence-corrected chi connectivity index (χ2v) is 12.6. The molecule has 218 valence electrons. The van der Waals surface area contributed by atoms with Crippen molar-refractivity contribution < 1.29 is 19.1 Å². The molecule has 1 fully saturated rings. The van der Waals surface area contributed by atoms with Gasteiger partial charge in [0, 0.05) is 11.9 Å². The Morgan fingerprint density at radius 1 is 0.977 bits per heavy atom. The summed E-state index contributed by atoms with van der Waals surface area (Å²) < 4.78 is 16.4. The maximum atomic E-state index is 14.0. The molecule has 0 spiro atoms. The number of ketones is 1. The van der Waals surface area contributed by atoms with Gasteiger partial charge < -0.3 is 9.51 Å². The van der Waals surface area contributed by atoms with E-state index in [9.17, 15) is 19.1 Å². The molecule has 1 saturated heterocycles. The van der Waals surface area contributed by atoms with E-state index in [2.05, 4.69) is 39.4 Å². The van der Waals surface area contributed by atoms with Crippen LogP contribution in [-0.2, 0) is 15.3 Å². The monoisotopic (exact) mass is 621 g/mol. The number of hydrogen-bond acceptors (Lipinski definition) is 8. The van der Waals surface area contributed by atoms with Crippen molar-refractivity contribution in [2.24, 2.45) is 0 Å². The zero-order chi connectivity index (χ0) is 30.5. The summed E-state index contributed by atoms with van der Waals surface area (Å²) in [6, 6.07) is 22.5. The van der Waals surface area contributed by atoms with E-state index in [4.69, 9.17) is 0 Å². The Hall–Kier alpha value is -4.87. The summed E-state index contributed by atoms with van der Waals surface area (Å²) in [4.78, 5) is 33.1. The number of imidazole rings is 1. The molecular weight excluding hydrogens is 598 g/mol. The summed E-state index contributed by atoms with van der Waals surface area (Å²) in [7, 11) is 0. The number of pyridine rings is 1. The van der Waals surface area contributed by atoms with Gasteiger partial charge in [0.15, 0.2) is 10.1 Å². The highest BCUT2D eigenvalue weighted by Gasteiger charge is 2.48. The van der Waals surface area contributed by atoms with Crippen molar-refractivity contribution in [3.63, 3.8) is 0 Å². The number of Topliss-reactive ketones (excluding diaryl/α,β-unsaturated/α-hetero) is 1. The summed E-state index contributed by atoms with van der Waals surface area (Å²) in [5.74, 6) is -2.00. The van der Waals surface area contributed by atoms with Crippen LogP contribution in [0.5, 0.6) is 0 Å². The number of aryl methyl sites for hydroxylation is 2. The number of rotatable bonds is 6. The predicted octanol–water partition coefficient (Wildman–Crippen LogP) is 7.01. The van der Waals surface area contributed by atoms with E-state index in [1.165, 1.54) is 52.3 Å². The molecule has 1 atom stereocenters.